The molecular weight excluding hydrogens is 599 g/mol. The molecule has 0 atom stereocenters. The van der Waals surface area contributed by atoms with Gasteiger partial charge in [0.1, 0.15) is 0 Å². The summed E-state index contributed by atoms with van der Waals surface area (Å²) in [5.41, 5.74) is 16.4. The fourth-order valence-corrected chi connectivity index (χ4v) is 8.45. The van der Waals surface area contributed by atoms with Gasteiger partial charge in [-0.1, -0.05) is 103 Å². The molecule has 2 heteroatoms. The predicted molar refractivity (Wildman–Crippen MR) is 209 cm³/mol. The quantitative estimate of drug-likeness (QED) is 0.176. The Bertz CT molecular complexity index is 2380. The van der Waals surface area contributed by atoms with E-state index in [0.717, 1.165) is 17.1 Å². The molecule has 0 unspecified atom stereocenters. The Balaban J connectivity index is 1.18. The molecule has 0 bridgehead atoms. The summed E-state index contributed by atoms with van der Waals surface area (Å²) >= 11 is 1.91. The minimum atomic E-state index is 1.13. The van der Waals surface area contributed by atoms with E-state index >= 15 is 0 Å². The van der Waals surface area contributed by atoms with Crippen molar-refractivity contribution < 1.29 is 0 Å². The van der Waals surface area contributed by atoms with Gasteiger partial charge in [0.15, 0.2) is 0 Å². The van der Waals surface area contributed by atoms with Crippen LogP contribution in [0.15, 0.2) is 152 Å². The molecule has 0 aliphatic carbocycles. The summed E-state index contributed by atoms with van der Waals surface area (Å²) < 4.78 is 2.74. The molecule has 1 aromatic heterocycles. The fraction of sp³-hybridized carbons (Fsp3) is 0.0870. The Labute approximate surface area is 287 Å². The highest BCUT2D eigenvalue weighted by molar-refractivity contribution is 7.26. The standard InChI is InChI=1S/C46H37NS/c1-30-19-21-35(34-22-24-38(25-23-34)47(36-13-7-5-8-14-36)37-15-9-6-10-16-37)29-43(30)39-26-20-31(2)45(32(39)3)40-27-28-42-41-17-11-12-18-44(41)48-46(42)33(40)4/h5-29H,1-4H3. The van der Waals surface area contributed by atoms with Crippen LogP contribution in [0.2, 0.25) is 0 Å². The van der Waals surface area contributed by atoms with Gasteiger partial charge >= 0.3 is 0 Å². The van der Waals surface area contributed by atoms with E-state index in [1.165, 1.54) is 75.8 Å². The second-order valence-corrected chi connectivity index (χ2v) is 13.8. The highest BCUT2D eigenvalue weighted by atomic mass is 32.1. The molecule has 1 heterocycles. The highest BCUT2D eigenvalue weighted by Gasteiger charge is 2.18. The molecule has 8 rings (SSSR count). The zero-order valence-electron chi connectivity index (χ0n) is 27.8. The minimum Gasteiger partial charge on any atom is -0.311 e. The number of aryl methyl sites for hydroxylation is 3. The van der Waals surface area contributed by atoms with Crippen LogP contribution < -0.4 is 4.90 Å². The van der Waals surface area contributed by atoms with Gasteiger partial charge in [0, 0.05) is 37.2 Å². The first-order valence-electron chi connectivity index (χ1n) is 16.6. The number of nitrogens with zero attached hydrogens (tertiary/aromatic N) is 1. The van der Waals surface area contributed by atoms with Crippen molar-refractivity contribution >= 4 is 48.6 Å². The summed E-state index contributed by atoms with van der Waals surface area (Å²) in [5, 5.41) is 2.70. The van der Waals surface area contributed by atoms with E-state index in [-0.39, 0.29) is 0 Å². The van der Waals surface area contributed by atoms with E-state index in [2.05, 4.69) is 184 Å². The summed E-state index contributed by atoms with van der Waals surface area (Å²) in [6.45, 7) is 9.08. The van der Waals surface area contributed by atoms with E-state index in [1.807, 2.05) is 11.3 Å². The van der Waals surface area contributed by atoms with Crippen LogP contribution >= 0.6 is 11.3 Å². The third kappa shape index (κ3) is 5.19. The van der Waals surface area contributed by atoms with Crippen LogP contribution in [0.1, 0.15) is 22.3 Å². The van der Waals surface area contributed by atoms with Gasteiger partial charge < -0.3 is 4.90 Å². The Kier molecular flexibility index (Phi) is 7.67. The summed E-state index contributed by atoms with van der Waals surface area (Å²) in [6.07, 6.45) is 0. The molecule has 0 spiro atoms. The van der Waals surface area contributed by atoms with Gasteiger partial charge in [-0.25, -0.2) is 0 Å². The first-order chi connectivity index (χ1) is 23.5. The van der Waals surface area contributed by atoms with Crippen molar-refractivity contribution in [2.45, 2.75) is 27.7 Å². The Hall–Kier alpha value is -5.44. The van der Waals surface area contributed by atoms with Crippen LogP contribution in [0.5, 0.6) is 0 Å². The summed E-state index contributed by atoms with van der Waals surface area (Å²) in [6, 6.07) is 55.1. The van der Waals surface area contributed by atoms with Crippen molar-refractivity contribution in [2.75, 3.05) is 4.90 Å². The van der Waals surface area contributed by atoms with Crippen LogP contribution in [0.3, 0.4) is 0 Å². The van der Waals surface area contributed by atoms with Gasteiger partial charge in [0.05, 0.1) is 0 Å². The zero-order chi connectivity index (χ0) is 32.8. The van der Waals surface area contributed by atoms with E-state index in [4.69, 9.17) is 0 Å². The largest absolute Gasteiger partial charge is 0.311 e. The lowest BCUT2D eigenvalue weighted by atomic mass is 9.85. The number of thiophene rings is 1. The van der Waals surface area contributed by atoms with Crippen molar-refractivity contribution in [1.82, 2.24) is 0 Å². The second-order valence-electron chi connectivity index (χ2n) is 12.7. The molecule has 8 aromatic rings. The van der Waals surface area contributed by atoms with Gasteiger partial charge in [0.25, 0.3) is 0 Å². The summed E-state index contributed by atoms with van der Waals surface area (Å²) in [5.74, 6) is 0. The lowest BCUT2D eigenvalue weighted by molar-refractivity contribution is 1.28. The number of anilines is 3. The van der Waals surface area contributed by atoms with Crippen LogP contribution in [-0.2, 0) is 0 Å². The number of para-hydroxylation sites is 2. The predicted octanol–water partition coefficient (Wildman–Crippen LogP) is 13.8. The topological polar surface area (TPSA) is 3.24 Å². The highest BCUT2D eigenvalue weighted by Crippen LogP contribution is 2.43. The third-order valence-electron chi connectivity index (χ3n) is 9.75. The number of hydrogen-bond donors (Lipinski definition) is 0. The van der Waals surface area contributed by atoms with Gasteiger partial charge in [-0.3, -0.25) is 0 Å². The normalized spacial score (nSPS) is 11.3. The molecule has 0 aliphatic rings. The maximum absolute atomic E-state index is 2.37. The first-order valence-corrected chi connectivity index (χ1v) is 17.4. The molecule has 0 fully saturated rings. The lowest BCUT2D eigenvalue weighted by Gasteiger charge is -2.25. The van der Waals surface area contributed by atoms with E-state index < -0.39 is 0 Å². The van der Waals surface area contributed by atoms with Crippen LogP contribution in [0, 0.1) is 27.7 Å². The molecular formula is C46H37NS. The molecule has 0 radical (unpaired) electrons. The van der Waals surface area contributed by atoms with Crippen molar-refractivity contribution in [2.24, 2.45) is 0 Å². The number of rotatable bonds is 6. The maximum Gasteiger partial charge on any atom is 0.0462 e. The smallest absolute Gasteiger partial charge is 0.0462 e. The van der Waals surface area contributed by atoms with E-state index in [9.17, 15) is 0 Å². The molecule has 0 saturated carbocycles. The molecule has 0 amide bonds. The van der Waals surface area contributed by atoms with E-state index in [0.29, 0.717) is 0 Å². The molecule has 48 heavy (non-hydrogen) atoms. The molecule has 0 N–H and O–H groups in total. The first kappa shape index (κ1) is 29.9. The SMILES string of the molecule is Cc1ccc(-c2ccc(N(c3ccccc3)c3ccccc3)cc2)cc1-c1ccc(C)c(-c2ccc3c(sc4ccccc43)c2C)c1C. The molecule has 0 aliphatic heterocycles. The number of benzene rings is 7. The maximum atomic E-state index is 2.37. The fourth-order valence-electron chi connectivity index (χ4n) is 7.24. The summed E-state index contributed by atoms with van der Waals surface area (Å²) in [4.78, 5) is 2.31. The van der Waals surface area contributed by atoms with Gasteiger partial charge in [-0.05, 0) is 132 Å². The molecule has 7 aromatic carbocycles. The average molecular weight is 636 g/mol. The van der Waals surface area contributed by atoms with Crippen LogP contribution in [0.25, 0.3) is 53.6 Å². The van der Waals surface area contributed by atoms with Crippen LogP contribution in [-0.4, -0.2) is 0 Å². The third-order valence-corrected chi connectivity index (χ3v) is 11.1. The number of fused-ring (bicyclic) bond motifs is 3. The second kappa shape index (κ2) is 12.3. The summed E-state index contributed by atoms with van der Waals surface area (Å²) in [7, 11) is 0. The van der Waals surface area contributed by atoms with Crippen molar-refractivity contribution in [3.63, 3.8) is 0 Å². The van der Waals surface area contributed by atoms with E-state index in [1.54, 1.807) is 0 Å². The van der Waals surface area contributed by atoms with Crippen molar-refractivity contribution in [3.8, 4) is 33.4 Å². The Morgan fingerprint density at radius 1 is 0.417 bits per heavy atom. The van der Waals surface area contributed by atoms with Crippen LogP contribution in [0.4, 0.5) is 17.1 Å². The molecule has 232 valence electrons. The Morgan fingerprint density at radius 2 is 1.00 bits per heavy atom. The zero-order valence-corrected chi connectivity index (χ0v) is 28.6. The van der Waals surface area contributed by atoms with Gasteiger partial charge in [0.2, 0.25) is 0 Å². The molecule has 1 nitrogen and oxygen atoms in total. The van der Waals surface area contributed by atoms with Gasteiger partial charge in [-0.15, -0.1) is 11.3 Å². The Morgan fingerprint density at radius 3 is 1.71 bits per heavy atom. The lowest BCUT2D eigenvalue weighted by Crippen LogP contribution is -2.09. The monoisotopic (exact) mass is 635 g/mol. The number of hydrogen-bond acceptors (Lipinski definition) is 2. The van der Waals surface area contributed by atoms with Gasteiger partial charge in [-0.2, -0.15) is 0 Å². The molecule has 0 saturated heterocycles. The van der Waals surface area contributed by atoms with Crippen molar-refractivity contribution in [1.29, 1.82) is 0 Å². The average Bonchev–Trinajstić information content (AvgIpc) is 3.51. The van der Waals surface area contributed by atoms with Crippen molar-refractivity contribution in [3.05, 3.63) is 174 Å². The minimum absolute atomic E-state index is 1.13.